The summed E-state index contributed by atoms with van der Waals surface area (Å²) >= 11 is 2.11. The summed E-state index contributed by atoms with van der Waals surface area (Å²) in [5.74, 6) is -7.06. The first-order chi connectivity index (χ1) is 41.9. The summed E-state index contributed by atoms with van der Waals surface area (Å²) in [5, 5.41) is 2.95. The molecule has 2 aromatic heterocycles. The molecule has 0 spiro atoms. The number of fused-ring (bicyclic) bond motifs is 9. The molecule has 416 valence electrons. The Kier molecular flexibility index (Phi) is 13.2. The van der Waals surface area contributed by atoms with Gasteiger partial charge in [0.1, 0.15) is 26.4 Å². The number of allylic oxidation sites excluding steroid dienone is 3. The number of benzene rings is 8. The van der Waals surface area contributed by atoms with Gasteiger partial charge in [0, 0.05) is 48.7 Å². The van der Waals surface area contributed by atoms with E-state index in [0.29, 0.717) is 42.8 Å². The van der Waals surface area contributed by atoms with Crippen molar-refractivity contribution in [1.82, 2.24) is 0 Å². The fourth-order valence-electron chi connectivity index (χ4n) is 12.0. The zero-order valence-electron chi connectivity index (χ0n) is 45.3. The molecule has 12 nitrogen and oxygen atoms in total. The number of hydrogen-bond donors (Lipinski definition) is 0. The lowest BCUT2D eigenvalue weighted by atomic mass is 9.69. The number of ketones is 4. The first kappa shape index (κ1) is 53.5. The highest BCUT2D eigenvalue weighted by atomic mass is 32.1. The molecule has 2 heterocycles. The maximum atomic E-state index is 16.2. The van der Waals surface area contributed by atoms with E-state index < -0.39 is 57.8 Å². The van der Waals surface area contributed by atoms with Crippen molar-refractivity contribution in [3.05, 3.63) is 294 Å². The molecule has 0 bridgehead atoms. The highest BCUT2D eigenvalue weighted by molar-refractivity contribution is 7.24. The molecule has 0 aliphatic heterocycles. The van der Waals surface area contributed by atoms with Crippen molar-refractivity contribution < 1.29 is 57.3 Å². The molecule has 0 saturated carbocycles. The van der Waals surface area contributed by atoms with Crippen LogP contribution >= 0.6 is 22.7 Å². The molecule has 0 fully saturated rings. The maximum Gasteiger partial charge on any atom is 0.333 e. The summed E-state index contributed by atoms with van der Waals surface area (Å²) in [6.45, 7) is -1.44. The molecular weight excluding hydrogens is 1120 g/mol. The average Bonchev–Trinajstić information content (AvgIpc) is 1.50. The van der Waals surface area contributed by atoms with Gasteiger partial charge in [-0.1, -0.05) is 170 Å². The third-order valence-corrected chi connectivity index (χ3v) is 18.5. The van der Waals surface area contributed by atoms with Gasteiger partial charge in [0.25, 0.3) is 0 Å². The lowest BCUT2D eigenvalue weighted by molar-refractivity contribution is -0.167. The number of carbonyl (C=O) groups is 8. The molecule has 86 heavy (non-hydrogen) atoms. The molecule has 4 aliphatic carbocycles. The van der Waals surface area contributed by atoms with Crippen molar-refractivity contribution in [3.63, 3.8) is 0 Å². The minimum absolute atomic E-state index is 0.0235. The Bertz CT molecular complexity index is 4460. The Morgan fingerprint density at radius 2 is 0.709 bits per heavy atom. The Balaban J connectivity index is 1.01. The van der Waals surface area contributed by atoms with Crippen LogP contribution in [0.15, 0.2) is 223 Å². The monoisotopic (exact) mass is 1160 g/mol. The van der Waals surface area contributed by atoms with Crippen molar-refractivity contribution in [2.45, 2.75) is 37.3 Å². The zero-order chi connectivity index (χ0) is 58.8. The number of esters is 4. The topological polar surface area (TPSA) is 173 Å². The Morgan fingerprint density at radius 1 is 0.372 bits per heavy atom. The molecule has 0 radical (unpaired) electrons. The van der Waals surface area contributed by atoms with Gasteiger partial charge in [0.15, 0.2) is 23.1 Å². The molecule has 0 saturated heterocycles. The van der Waals surface area contributed by atoms with E-state index >= 15 is 19.2 Å². The maximum absolute atomic E-state index is 16.2. The van der Waals surface area contributed by atoms with Crippen LogP contribution in [0.3, 0.4) is 0 Å². The van der Waals surface area contributed by atoms with Crippen molar-refractivity contribution in [2.75, 3.05) is 0 Å². The SMILES string of the molecule is O=C1C(=CC2=Cc3sc4c(c3C2(C(=O)OCc2ccccc2)C(=O)OCc2ccccc2)C(C(=O)OCc2ccccc2)(C(=O)OCc2ccccc2)c2cc(C=C3C(=O)c5cc6ccccc6cc5C3=O)sc2-4)C(=O)c2cc3ccccc3cc21. The predicted octanol–water partition coefficient (Wildman–Crippen LogP) is 13.5. The van der Waals surface area contributed by atoms with E-state index in [9.17, 15) is 19.2 Å². The zero-order valence-corrected chi connectivity index (χ0v) is 47.0. The van der Waals surface area contributed by atoms with Crippen LogP contribution in [0.2, 0.25) is 0 Å². The summed E-state index contributed by atoms with van der Waals surface area (Å²) in [5.41, 5.74) is -3.61. The van der Waals surface area contributed by atoms with Crippen LogP contribution in [0.4, 0.5) is 0 Å². The molecule has 0 unspecified atom stereocenters. The van der Waals surface area contributed by atoms with Gasteiger partial charge in [0.05, 0.1) is 20.9 Å². The number of rotatable bonds is 14. The minimum Gasteiger partial charge on any atom is -0.459 e. The second-order valence-electron chi connectivity index (χ2n) is 21.2. The van der Waals surface area contributed by atoms with Gasteiger partial charge in [-0.05, 0) is 97.9 Å². The lowest BCUT2D eigenvalue weighted by Gasteiger charge is -2.33. The highest BCUT2D eigenvalue weighted by Crippen LogP contribution is 2.64. The molecule has 14 rings (SSSR count). The van der Waals surface area contributed by atoms with Crippen LogP contribution in [-0.4, -0.2) is 47.0 Å². The summed E-state index contributed by atoms with van der Waals surface area (Å²) in [4.78, 5) is 124. The second kappa shape index (κ2) is 21.3. The van der Waals surface area contributed by atoms with Crippen LogP contribution in [0, 0.1) is 0 Å². The van der Waals surface area contributed by atoms with E-state index in [-0.39, 0.29) is 91.8 Å². The fraction of sp³-hybridized carbons (Fsp3) is 0.0833. The molecule has 10 aromatic rings. The van der Waals surface area contributed by atoms with E-state index in [1.165, 1.54) is 24.3 Å². The van der Waals surface area contributed by atoms with Gasteiger partial charge in [0.2, 0.25) is 10.8 Å². The summed E-state index contributed by atoms with van der Waals surface area (Å²) in [6.07, 6.45) is 4.15. The van der Waals surface area contributed by atoms with E-state index in [4.69, 9.17) is 18.9 Å². The first-order valence-electron chi connectivity index (χ1n) is 27.5. The Hall–Kier alpha value is -10.5. The van der Waals surface area contributed by atoms with Crippen LogP contribution in [0.5, 0.6) is 0 Å². The number of carbonyl (C=O) groups excluding carboxylic acids is 8. The van der Waals surface area contributed by atoms with Gasteiger partial charge < -0.3 is 18.9 Å². The van der Waals surface area contributed by atoms with Crippen LogP contribution < -0.4 is 0 Å². The number of Topliss-reactive ketones (excluding diaryl/α,β-unsaturated/α-hetero) is 4. The molecule has 4 aliphatic rings. The Labute approximate surface area is 498 Å². The van der Waals surface area contributed by atoms with E-state index in [0.717, 1.165) is 33.4 Å². The smallest absolute Gasteiger partial charge is 0.333 e. The van der Waals surface area contributed by atoms with Crippen molar-refractivity contribution >= 4 is 103 Å². The lowest BCUT2D eigenvalue weighted by Crippen LogP contribution is -2.51. The number of hydrogen-bond acceptors (Lipinski definition) is 14. The summed E-state index contributed by atoms with van der Waals surface area (Å²) in [7, 11) is 0. The minimum atomic E-state index is -2.79. The van der Waals surface area contributed by atoms with Crippen LogP contribution in [0.1, 0.15) is 90.1 Å². The molecule has 8 aromatic carbocycles. The van der Waals surface area contributed by atoms with Crippen LogP contribution in [-0.2, 0) is 75.4 Å². The van der Waals surface area contributed by atoms with Crippen molar-refractivity contribution in [1.29, 1.82) is 0 Å². The largest absolute Gasteiger partial charge is 0.459 e. The predicted molar refractivity (Wildman–Crippen MR) is 324 cm³/mol. The summed E-state index contributed by atoms with van der Waals surface area (Å²) in [6, 6.07) is 57.8. The van der Waals surface area contributed by atoms with Gasteiger partial charge in [-0.15, -0.1) is 22.7 Å². The third kappa shape index (κ3) is 8.63. The van der Waals surface area contributed by atoms with Crippen LogP contribution in [0.25, 0.3) is 43.5 Å². The van der Waals surface area contributed by atoms with Gasteiger partial charge in [-0.3, -0.25) is 38.4 Å². The third-order valence-electron chi connectivity index (χ3n) is 16.2. The van der Waals surface area contributed by atoms with Crippen molar-refractivity contribution in [2.24, 2.45) is 0 Å². The molecule has 0 atom stereocenters. The second-order valence-corrected chi connectivity index (χ2v) is 23.3. The number of ether oxygens (including phenoxy) is 4. The molecular formula is C72H44O12S2. The molecule has 0 amide bonds. The first-order valence-corrected chi connectivity index (χ1v) is 29.1. The molecule has 14 heteroatoms. The van der Waals surface area contributed by atoms with E-state index in [1.807, 2.05) is 48.5 Å². The van der Waals surface area contributed by atoms with Crippen molar-refractivity contribution in [3.8, 4) is 9.75 Å². The standard InChI is InChI=1S/C72H44O12S2/c73-61-51-29-45-25-13-14-26-46(45)30-52(51)62(74)55(61)33-49-34-58-59(71(49,67(77)81-37-41-17-5-1-6-18-41)68(78)82-38-42-19-7-2-8-20-42)60-66(86-58)65-57(36-50(85-65)35-56-63(75)53-31-47-27-15-16-28-48(47)32-54(53)64(56)76)72(60,69(79)83-39-43-21-9-3-10-22-43)70(80)84-40-44-23-11-4-12-24-44/h1-36H,37-40H2. The quantitative estimate of drug-likeness (QED) is 0.0332. The normalized spacial score (nSPS) is 14.7. The van der Waals surface area contributed by atoms with Gasteiger partial charge in [-0.2, -0.15) is 0 Å². The summed E-state index contributed by atoms with van der Waals surface area (Å²) < 4.78 is 25.2. The Morgan fingerprint density at radius 3 is 1.08 bits per heavy atom. The van der Waals surface area contributed by atoms with Gasteiger partial charge >= 0.3 is 23.9 Å². The highest BCUT2D eigenvalue weighted by Gasteiger charge is 2.68. The number of thiophene rings is 2. The van der Waals surface area contributed by atoms with Gasteiger partial charge in [-0.25, -0.2) is 0 Å². The fourth-order valence-corrected chi connectivity index (χ4v) is 14.7. The van der Waals surface area contributed by atoms with E-state index in [2.05, 4.69) is 0 Å². The average molecular weight is 1170 g/mol. The van der Waals surface area contributed by atoms with E-state index in [1.54, 1.807) is 146 Å². The molecule has 0 N–H and O–H groups in total.